The number of aryl methyl sites for hydroxylation is 1. The van der Waals surface area contributed by atoms with Gasteiger partial charge in [0.1, 0.15) is 0 Å². The Hall–Kier alpha value is -4.19. The van der Waals surface area contributed by atoms with E-state index < -0.39 is 0 Å². The standard InChI is InChI=1S/C26H21NO5/c1-16-10-12-18(13-11-16)27-23(28)15-32-26-17(6-5-9-22(26)31-2)14-21-24(29)19-7-3-4-8-20(19)25(21)30/h3-14H,15H2,1-2H3,(H,27,28). The SMILES string of the molecule is COc1cccc(C=C2C(=O)c3ccccc3C2=O)c1OCC(=O)Nc1ccc(C)cc1. The predicted molar refractivity (Wildman–Crippen MR) is 121 cm³/mol. The molecule has 0 aliphatic heterocycles. The summed E-state index contributed by atoms with van der Waals surface area (Å²) in [6, 6.07) is 19.2. The molecule has 0 spiro atoms. The first-order valence-electron chi connectivity index (χ1n) is 10.0. The Morgan fingerprint density at radius 1 is 0.906 bits per heavy atom. The predicted octanol–water partition coefficient (Wildman–Crippen LogP) is 4.48. The molecule has 0 saturated heterocycles. The van der Waals surface area contributed by atoms with Gasteiger partial charge in [0, 0.05) is 22.4 Å². The summed E-state index contributed by atoms with van der Waals surface area (Å²) in [7, 11) is 1.48. The summed E-state index contributed by atoms with van der Waals surface area (Å²) < 4.78 is 11.1. The smallest absolute Gasteiger partial charge is 0.262 e. The monoisotopic (exact) mass is 427 g/mol. The van der Waals surface area contributed by atoms with E-state index in [2.05, 4.69) is 5.32 Å². The van der Waals surface area contributed by atoms with Gasteiger partial charge in [0.05, 0.1) is 12.7 Å². The highest BCUT2D eigenvalue weighted by Crippen LogP contribution is 2.35. The fraction of sp³-hybridized carbons (Fsp3) is 0.115. The number of carbonyl (C=O) groups is 3. The lowest BCUT2D eigenvalue weighted by molar-refractivity contribution is -0.118. The number of methoxy groups -OCH3 is 1. The molecular weight excluding hydrogens is 406 g/mol. The van der Waals surface area contributed by atoms with Gasteiger partial charge in [-0.1, -0.05) is 54.1 Å². The second-order valence-electron chi connectivity index (χ2n) is 7.34. The van der Waals surface area contributed by atoms with Gasteiger partial charge in [-0.2, -0.15) is 0 Å². The lowest BCUT2D eigenvalue weighted by Crippen LogP contribution is -2.20. The quantitative estimate of drug-likeness (QED) is 0.463. The Kier molecular flexibility index (Phi) is 5.85. The van der Waals surface area contributed by atoms with E-state index in [1.807, 2.05) is 19.1 Å². The van der Waals surface area contributed by atoms with E-state index >= 15 is 0 Å². The summed E-state index contributed by atoms with van der Waals surface area (Å²) in [5.41, 5.74) is 3.03. The lowest BCUT2D eigenvalue weighted by Gasteiger charge is -2.14. The van der Waals surface area contributed by atoms with Crippen LogP contribution >= 0.6 is 0 Å². The number of ketones is 2. The van der Waals surface area contributed by atoms with Crippen molar-refractivity contribution in [2.45, 2.75) is 6.92 Å². The number of amides is 1. The van der Waals surface area contributed by atoms with Crippen LogP contribution in [-0.4, -0.2) is 31.2 Å². The molecule has 0 aromatic heterocycles. The maximum absolute atomic E-state index is 12.7. The van der Waals surface area contributed by atoms with Gasteiger partial charge in [-0.15, -0.1) is 0 Å². The third-order valence-corrected chi connectivity index (χ3v) is 5.12. The molecule has 1 aliphatic carbocycles. The molecule has 0 fully saturated rings. The summed E-state index contributed by atoms with van der Waals surface area (Å²) in [5, 5.41) is 2.77. The molecule has 6 nitrogen and oxygen atoms in total. The van der Waals surface area contributed by atoms with Gasteiger partial charge >= 0.3 is 0 Å². The first-order valence-corrected chi connectivity index (χ1v) is 10.0. The molecule has 0 unspecified atom stereocenters. The number of rotatable bonds is 6. The largest absolute Gasteiger partial charge is 0.493 e. The number of hydrogen-bond donors (Lipinski definition) is 1. The molecule has 1 N–H and O–H groups in total. The fourth-order valence-corrected chi connectivity index (χ4v) is 3.49. The first-order chi connectivity index (χ1) is 15.5. The Morgan fingerprint density at radius 3 is 2.19 bits per heavy atom. The van der Waals surface area contributed by atoms with Crippen LogP contribution in [0.5, 0.6) is 11.5 Å². The maximum atomic E-state index is 12.7. The van der Waals surface area contributed by atoms with Crippen molar-refractivity contribution in [1.82, 2.24) is 0 Å². The minimum absolute atomic E-state index is 0.0495. The van der Waals surface area contributed by atoms with Crippen molar-refractivity contribution in [2.24, 2.45) is 0 Å². The molecular formula is C26H21NO5. The Balaban J connectivity index is 1.58. The van der Waals surface area contributed by atoms with Crippen LogP contribution in [0.1, 0.15) is 31.8 Å². The van der Waals surface area contributed by atoms with E-state index in [1.54, 1.807) is 54.6 Å². The van der Waals surface area contributed by atoms with Crippen LogP contribution in [-0.2, 0) is 4.79 Å². The summed E-state index contributed by atoms with van der Waals surface area (Å²) in [6.07, 6.45) is 1.49. The van der Waals surface area contributed by atoms with Crippen molar-refractivity contribution in [2.75, 3.05) is 19.0 Å². The molecule has 0 heterocycles. The minimum atomic E-state index is -0.348. The number of Topliss-reactive ketones (excluding diaryl/α,β-unsaturated/α-hetero) is 2. The molecule has 6 heteroatoms. The molecule has 3 aromatic rings. The van der Waals surface area contributed by atoms with Crippen LogP contribution in [0, 0.1) is 6.92 Å². The third-order valence-electron chi connectivity index (χ3n) is 5.12. The van der Waals surface area contributed by atoms with E-state index in [-0.39, 0.29) is 35.4 Å². The van der Waals surface area contributed by atoms with Crippen molar-refractivity contribution < 1.29 is 23.9 Å². The molecule has 32 heavy (non-hydrogen) atoms. The summed E-state index contributed by atoms with van der Waals surface area (Å²) in [4.78, 5) is 37.9. The van der Waals surface area contributed by atoms with Crippen LogP contribution in [0.25, 0.3) is 6.08 Å². The van der Waals surface area contributed by atoms with Crippen LogP contribution in [0.3, 0.4) is 0 Å². The summed E-state index contributed by atoms with van der Waals surface area (Å²) in [5.74, 6) is -0.359. The molecule has 4 rings (SSSR count). The lowest BCUT2D eigenvalue weighted by atomic mass is 10.1. The van der Waals surface area contributed by atoms with Crippen LogP contribution in [0.15, 0.2) is 72.3 Å². The number of ether oxygens (including phenoxy) is 2. The van der Waals surface area contributed by atoms with Crippen LogP contribution in [0.4, 0.5) is 5.69 Å². The van der Waals surface area contributed by atoms with Gasteiger partial charge in [0.2, 0.25) is 0 Å². The molecule has 1 aliphatic rings. The van der Waals surface area contributed by atoms with E-state index in [0.29, 0.717) is 28.1 Å². The third kappa shape index (κ3) is 4.16. The van der Waals surface area contributed by atoms with Crippen molar-refractivity contribution in [3.05, 3.63) is 94.6 Å². The zero-order chi connectivity index (χ0) is 22.7. The number of hydrogen-bond acceptors (Lipinski definition) is 5. The summed E-state index contributed by atoms with van der Waals surface area (Å²) in [6.45, 7) is 1.69. The number of anilines is 1. The molecule has 0 atom stereocenters. The fourth-order valence-electron chi connectivity index (χ4n) is 3.49. The van der Waals surface area contributed by atoms with Crippen molar-refractivity contribution in [3.63, 3.8) is 0 Å². The number of para-hydroxylation sites is 1. The second-order valence-corrected chi connectivity index (χ2v) is 7.34. The van der Waals surface area contributed by atoms with Crippen molar-refractivity contribution in [1.29, 1.82) is 0 Å². The molecule has 0 radical (unpaired) electrons. The highest BCUT2D eigenvalue weighted by molar-refractivity contribution is 6.41. The van der Waals surface area contributed by atoms with Gasteiger partial charge in [-0.05, 0) is 31.2 Å². The topological polar surface area (TPSA) is 81.7 Å². The first kappa shape index (κ1) is 21.1. The Bertz CT molecular complexity index is 1200. The number of benzene rings is 3. The maximum Gasteiger partial charge on any atom is 0.262 e. The number of fused-ring (bicyclic) bond motifs is 1. The van der Waals surface area contributed by atoms with Crippen LogP contribution in [0.2, 0.25) is 0 Å². The normalized spacial score (nSPS) is 12.4. The van der Waals surface area contributed by atoms with Gasteiger partial charge in [-0.25, -0.2) is 0 Å². The van der Waals surface area contributed by atoms with Crippen LogP contribution < -0.4 is 14.8 Å². The average Bonchev–Trinajstić information content (AvgIpc) is 3.04. The van der Waals surface area contributed by atoms with Gasteiger partial charge in [0.15, 0.2) is 29.7 Å². The zero-order valence-corrected chi connectivity index (χ0v) is 17.7. The van der Waals surface area contributed by atoms with Gasteiger partial charge < -0.3 is 14.8 Å². The molecule has 160 valence electrons. The number of carbonyl (C=O) groups excluding carboxylic acids is 3. The van der Waals surface area contributed by atoms with Crippen molar-refractivity contribution in [3.8, 4) is 11.5 Å². The zero-order valence-electron chi connectivity index (χ0n) is 17.7. The van der Waals surface area contributed by atoms with E-state index in [4.69, 9.17) is 9.47 Å². The Labute approximate surface area is 185 Å². The highest BCUT2D eigenvalue weighted by Gasteiger charge is 2.32. The van der Waals surface area contributed by atoms with E-state index in [0.717, 1.165) is 5.56 Å². The molecule has 3 aromatic carbocycles. The molecule has 1 amide bonds. The number of nitrogens with one attached hydrogen (secondary N) is 1. The summed E-state index contributed by atoms with van der Waals surface area (Å²) >= 11 is 0. The van der Waals surface area contributed by atoms with Gasteiger partial charge in [-0.3, -0.25) is 14.4 Å². The van der Waals surface area contributed by atoms with Crippen molar-refractivity contribution >= 4 is 29.2 Å². The molecule has 0 saturated carbocycles. The number of allylic oxidation sites excluding steroid dienone is 1. The van der Waals surface area contributed by atoms with E-state index in [9.17, 15) is 14.4 Å². The minimum Gasteiger partial charge on any atom is -0.493 e. The average molecular weight is 427 g/mol. The second kappa shape index (κ2) is 8.89. The molecule has 0 bridgehead atoms. The van der Waals surface area contributed by atoms with Gasteiger partial charge in [0.25, 0.3) is 5.91 Å². The Morgan fingerprint density at radius 2 is 1.56 bits per heavy atom. The van der Waals surface area contributed by atoms with E-state index in [1.165, 1.54) is 13.2 Å². The highest BCUT2D eigenvalue weighted by atomic mass is 16.5.